The number of carbonyl (C=O) groups is 1. The number of rotatable bonds is 9. The second-order valence-corrected chi connectivity index (χ2v) is 9.59. The minimum atomic E-state index is -0.229. The summed E-state index contributed by atoms with van der Waals surface area (Å²) in [6, 6.07) is 14.9. The number of hydrogen-bond donors (Lipinski definition) is 2. The van der Waals surface area contributed by atoms with E-state index < -0.39 is 0 Å². The number of amides is 1. The lowest BCUT2D eigenvalue weighted by Crippen LogP contribution is -2.23. The number of nitrogens with one attached hydrogen (secondary N) is 2. The molecule has 3 heterocycles. The summed E-state index contributed by atoms with van der Waals surface area (Å²) in [7, 11) is 3.62. The maximum absolute atomic E-state index is 12.7. The van der Waals surface area contributed by atoms with Gasteiger partial charge in [-0.05, 0) is 68.9 Å². The molecule has 1 fully saturated rings. The van der Waals surface area contributed by atoms with E-state index >= 15 is 0 Å². The van der Waals surface area contributed by atoms with Crippen molar-refractivity contribution in [2.45, 2.75) is 25.5 Å². The topological polar surface area (TPSA) is 102 Å². The minimum Gasteiger partial charge on any atom is -0.494 e. The van der Waals surface area contributed by atoms with Crippen molar-refractivity contribution < 1.29 is 14.3 Å². The smallest absolute Gasteiger partial charge is 0.248 e. The van der Waals surface area contributed by atoms with Crippen molar-refractivity contribution in [1.29, 1.82) is 0 Å². The molecule has 0 aliphatic carbocycles. The number of likely N-dealkylation sites (N-methyl/N-ethyl adjacent to an activating group) is 1. The summed E-state index contributed by atoms with van der Waals surface area (Å²) in [5.74, 6) is 1.28. The molecule has 1 atom stereocenters. The van der Waals surface area contributed by atoms with Crippen molar-refractivity contribution in [3.63, 3.8) is 0 Å². The van der Waals surface area contributed by atoms with Gasteiger partial charge < -0.3 is 20.1 Å². The molecule has 200 valence electrons. The number of likely N-dealkylation sites (tertiary alicyclic amines) is 1. The summed E-state index contributed by atoms with van der Waals surface area (Å²) < 4.78 is 11.6. The molecule has 39 heavy (non-hydrogen) atoms. The Morgan fingerprint density at radius 3 is 2.82 bits per heavy atom. The molecule has 1 aliphatic rings. The summed E-state index contributed by atoms with van der Waals surface area (Å²) >= 11 is 6.51. The van der Waals surface area contributed by atoms with E-state index in [0.29, 0.717) is 51.2 Å². The molecular weight excluding hydrogens is 516 g/mol. The molecule has 1 aliphatic heterocycles. The van der Waals surface area contributed by atoms with Crippen LogP contribution in [0.15, 0.2) is 73.2 Å². The Hall–Kier alpha value is -4.21. The van der Waals surface area contributed by atoms with Crippen LogP contribution in [0.4, 0.5) is 17.2 Å². The summed E-state index contributed by atoms with van der Waals surface area (Å²) in [4.78, 5) is 28.0. The maximum Gasteiger partial charge on any atom is 0.248 e. The van der Waals surface area contributed by atoms with Crippen LogP contribution in [0.1, 0.15) is 18.5 Å². The van der Waals surface area contributed by atoms with E-state index in [1.54, 1.807) is 37.6 Å². The van der Waals surface area contributed by atoms with E-state index in [9.17, 15) is 4.79 Å². The van der Waals surface area contributed by atoms with Crippen molar-refractivity contribution >= 4 is 45.6 Å². The number of benzene rings is 2. The monoisotopic (exact) mass is 544 g/mol. The average molecular weight is 545 g/mol. The lowest BCUT2D eigenvalue weighted by molar-refractivity contribution is -0.111. The lowest BCUT2D eigenvalue weighted by Gasteiger charge is -2.16. The first-order valence-electron chi connectivity index (χ1n) is 12.6. The van der Waals surface area contributed by atoms with Crippen LogP contribution >= 0.6 is 11.6 Å². The first kappa shape index (κ1) is 26.4. The zero-order valence-electron chi connectivity index (χ0n) is 21.7. The fourth-order valence-electron chi connectivity index (χ4n) is 4.55. The maximum atomic E-state index is 12.7. The summed E-state index contributed by atoms with van der Waals surface area (Å²) in [6.45, 7) is 1.35. The SMILES string of the molecule is COc1c(NC(=O)/C=C/C2CCCN2C)ccc2ncnc(Nc3ccc(OCc4ccccn4)c(Cl)c3)c12. The first-order chi connectivity index (χ1) is 19.0. The van der Waals surface area contributed by atoms with E-state index in [0.717, 1.165) is 25.1 Å². The highest BCUT2D eigenvalue weighted by Crippen LogP contribution is 2.38. The number of pyridine rings is 1. The van der Waals surface area contributed by atoms with Crippen molar-refractivity contribution in [1.82, 2.24) is 19.9 Å². The molecule has 1 amide bonds. The van der Waals surface area contributed by atoms with Crippen LogP contribution in [-0.4, -0.2) is 52.5 Å². The number of methoxy groups -OCH3 is 1. The Kier molecular flexibility index (Phi) is 8.19. The molecule has 10 heteroatoms. The van der Waals surface area contributed by atoms with E-state index in [4.69, 9.17) is 21.1 Å². The number of ether oxygens (including phenoxy) is 2. The molecule has 5 rings (SSSR count). The molecule has 9 nitrogen and oxygen atoms in total. The fourth-order valence-corrected chi connectivity index (χ4v) is 4.78. The third-order valence-electron chi connectivity index (χ3n) is 6.56. The van der Waals surface area contributed by atoms with Crippen LogP contribution in [0, 0.1) is 0 Å². The Bertz CT molecular complexity index is 1500. The van der Waals surface area contributed by atoms with Gasteiger partial charge in [0.1, 0.15) is 24.5 Å². The zero-order chi connectivity index (χ0) is 27.2. The fraction of sp³-hybridized carbons (Fsp3) is 0.241. The van der Waals surface area contributed by atoms with Crippen LogP contribution in [-0.2, 0) is 11.4 Å². The average Bonchev–Trinajstić information content (AvgIpc) is 3.36. The highest BCUT2D eigenvalue weighted by Gasteiger charge is 2.19. The number of nitrogens with zero attached hydrogens (tertiary/aromatic N) is 4. The van der Waals surface area contributed by atoms with Crippen molar-refractivity contribution in [3.8, 4) is 11.5 Å². The Morgan fingerprint density at radius 1 is 1.18 bits per heavy atom. The molecule has 2 aromatic heterocycles. The van der Waals surface area contributed by atoms with Crippen LogP contribution in [0.25, 0.3) is 10.9 Å². The number of carbonyl (C=O) groups excluding carboxylic acids is 1. The molecule has 0 spiro atoms. The standard InChI is InChI=1S/C29H29ClN6O3/c1-36-15-5-7-21(36)9-13-26(37)35-24-11-10-23-27(28(24)38-2)29(33-18-32-23)34-19-8-12-25(22(30)16-19)39-17-20-6-3-4-14-31-20/h3-4,6,8-14,16,18,21H,5,7,15,17H2,1-2H3,(H,35,37)(H,32,33,34)/b13-9+. The van der Waals surface area contributed by atoms with Crippen molar-refractivity contribution in [3.05, 3.63) is 83.9 Å². The van der Waals surface area contributed by atoms with Gasteiger partial charge in [0.25, 0.3) is 0 Å². The third-order valence-corrected chi connectivity index (χ3v) is 6.86. The van der Waals surface area contributed by atoms with Gasteiger partial charge in [0.15, 0.2) is 5.75 Å². The van der Waals surface area contributed by atoms with E-state index in [-0.39, 0.29) is 11.9 Å². The summed E-state index contributed by atoms with van der Waals surface area (Å²) in [5, 5.41) is 7.30. The number of aromatic nitrogens is 3. The van der Waals surface area contributed by atoms with E-state index in [1.807, 2.05) is 36.4 Å². The summed E-state index contributed by atoms with van der Waals surface area (Å²) in [5.41, 5.74) is 2.69. The van der Waals surface area contributed by atoms with Gasteiger partial charge >= 0.3 is 0 Å². The highest BCUT2D eigenvalue weighted by molar-refractivity contribution is 6.32. The summed E-state index contributed by atoms with van der Waals surface area (Å²) in [6.07, 6.45) is 8.89. The molecule has 2 N–H and O–H groups in total. The van der Waals surface area contributed by atoms with Gasteiger partial charge in [-0.3, -0.25) is 14.7 Å². The minimum absolute atomic E-state index is 0.229. The highest BCUT2D eigenvalue weighted by atomic mass is 35.5. The van der Waals surface area contributed by atoms with Crippen LogP contribution in [0.5, 0.6) is 11.5 Å². The predicted molar refractivity (Wildman–Crippen MR) is 153 cm³/mol. The van der Waals surface area contributed by atoms with E-state index in [2.05, 4.69) is 37.5 Å². The lowest BCUT2D eigenvalue weighted by atomic mass is 10.1. The molecule has 4 aromatic rings. The first-order valence-corrected chi connectivity index (χ1v) is 13.0. The Labute approximate surface area is 231 Å². The number of fused-ring (bicyclic) bond motifs is 1. The Balaban J connectivity index is 1.35. The van der Waals surface area contributed by atoms with Gasteiger partial charge in [-0.1, -0.05) is 23.7 Å². The van der Waals surface area contributed by atoms with Crippen molar-refractivity contribution in [2.75, 3.05) is 31.3 Å². The van der Waals surface area contributed by atoms with Gasteiger partial charge in [0.2, 0.25) is 5.91 Å². The molecule has 0 radical (unpaired) electrons. The van der Waals surface area contributed by atoms with Gasteiger partial charge in [0, 0.05) is 24.0 Å². The molecule has 0 bridgehead atoms. The second-order valence-electron chi connectivity index (χ2n) is 9.18. The van der Waals surface area contributed by atoms with E-state index in [1.165, 1.54) is 6.33 Å². The normalized spacial score (nSPS) is 15.5. The van der Waals surface area contributed by atoms with Gasteiger partial charge in [-0.2, -0.15) is 0 Å². The largest absolute Gasteiger partial charge is 0.494 e. The molecule has 1 saturated heterocycles. The molecule has 1 unspecified atom stereocenters. The Morgan fingerprint density at radius 2 is 2.08 bits per heavy atom. The van der Waals surface area contributed by atoms with Gasteiger partial charge in [0.05, 0.1) is 34.4 Å². The molecule has 0 saturated carbocycles. The van der Waals surface area contributed by atoms with Gasteiger partial charge in [-0.25, -0.2) is 9.97 Å². The number of hydrogen-bond acceptors (Lipinski definition) is 8. The van der Waals surface area contributed by atoms with Crippen LogP contribution in [0.2, 0.25) is 5.02 Å². The molecule has 2 aromatic carbocycles. The number of halogens is 1. The third kappa shape index (κ3) is 6.27. The quantitative estimate of drug-likeness (QED) is 0.263. The second kappa shape index (κ2) is 12.1. The molecular formula is C29H29ClN6O3. The predicted octanol–water partition coefficient (Wildman–Crippen LogP) is 5.60. The number of anilines is 3. The van der Waals surface area contributed by atoms with Gasteiger partial charge in [-0.15, -0.1) is 0 Å². The van der Waals surface area contributed by atoms with Crippen LogP contribution < -0.4 is 20.1 Å². The van der Waals surface area contributed by atoms with Crippen molar-refractivity contribution in [2.24, 2.45) is 0 Å². The van der Waals surface area contributed by atoms with Crippen LogP contribution in [0.3, 0.4) is 0 Å². The zero-order valence-corrected chi connectivity index (χ0v) is 22.5.